The number of hydrogen-bond donors (Lipinski definition) is 0. The number of nitrogens with zero attached hydrogens (tertiary/aromatic N) is 5. The molecule has 7 nitrogen and oxygen atoms in total. The first-order chi connectivity index (χ1) is 16.1. The number of alkyl halides is 2. The fourth-order valence-electron chi connectivity index (χ4n) is 3.53. The second-order valence-corrected chi connectivity index (χ2v) is 7.11. The molecule has 0 saturated heterocycles. The summed E-state index contributed by atoms with van der Waals surface area (Å²) >= 11 is 0. The highest BCUT2D eigenvalue weighted by Crippen LogP contribution is 2.24. The quantitative estimate of drug-likeness (QED) is 0.343. The van der Waals surface area contributed by atoms with Crippen LogP contribution in [0.2, 0.25) is 0 Å². The number of aromatic nitrogens is 5. The summed E-state index contributed by atoms with van der Waals surface area (Å²) in [5, 5.41) is 4.32. The fourth-order valence-corrected chi connectivity index (χ4v) is 3.53. The minimum Gasteiger partial charge on any atom is -0.452 e. The highest BCUT2D eigenvalue weighted by molar-refractivity contribution is 5.86. The third kappa shape index (κ3) is 3.96. The Morgan fingerprint density at radius 3 is 2.27 bits per heavy atom. The van der Waals surface area contributed by atoms with Gasteiger partial charge in [0, 0.05) is 5.56 Å². The van der Waals surface area contributed by atoms with Gasteiger partial charge in [-0.1, -0.05) is 60.7 Å². The third-order valence-electron chi connectivity index (χ3n) is 5.02. The van der Waals surface area contributed by atoms with Crippen molar-refractivity contribution >= 4 is 17.0 Å². The number of ether oxygens (including phenoxy) is 1. The molecule has 0 amide bonds. The summed E-state index contributed by atoms with van der Waals surface area (Å²) in [7, 11) is 0. The maximum atomic E-state index is 13.6. The molecule has 0 spiro atoms. The summed E-state index contributed by atoms with van der Waals surface area (Å²) in [6, 6.07) is 25.0. The molecule has 0 N–H and O–H groups in total. The SMILES string of the molecule is O=C(OCc1nc2ccccc2n1C(F)F)c1nc(-c2ccccc2)n(-c2ccccc2)n1. The molecule has 3 aromatic carbocycles. The van der Waals surface area contributed by atoms with Gasteiger partial charge in [0.2, 0.25) is 0 Å². The van der Waals surface area contributed by atoms with Crippen molar-refractivity contribution in [1.29, 1.82) is 0 Å². The van der Waals surface area contributed by atoms with E-state index in [9.17, 15) is 13.6 Å². The van der Waals surface area contributed by atoms with Crippen molar-refractivity contribution < 1.29 is 18.3 Å². The smallest absolute Gasteiger partial charge is 0.378 e. The van der Waals surface area contributed by atoms with Gasteiger partial charge in [0.05, 0.1) is 16.7 Å². The lowest BCUT2D eigenvalue weighted by molar-refractivity contribution is 0.0376. The fraction of sp³-hybridized carbons (Fsp3) is 0.0833. The summed E-state index contributed by atoms with van der Waals surface area (Å²) in [5.41, 5.74) is 2.12. The molecular formula is C24H17F2N5O2. The molecule has 5 aromatic rings. The molecule has 2 aromatic heterocycles. The van der Waals surface area contributed by atoms with E-state index < -0.39 is 19.1 Å². The first kappa shape index (κ1) is 20.5. The first-order valence-electron chi connectivity index (χ1n) is 10.1. The Balaban J connectivity index is 1.46. The van der Waals surface area contributed by atoms with Crippen molar-refractivity contribution in [3.63, 3.8) is 0 Å². The molecule has 0 saturated carbocycles. The molecule has 0 fully saturated rings. The molecule has 0 aliphatic carbocycles. The van der Waals surface area contributed by atoms with Crippen LogP contribution < -0.4 is 0 Å². The number of hydrogen-bond acceptors (Lipinski definition) is 5. The third-order valence-corrected chi connectivity index (χ3v) is 5.02. The van der Waals surface area contributed by atoms with Gasteiger partial charge in [-0.05, 0) is 24.3 Å². The molecular weight excluding hydrogens is 428 g/mol. The highest BCUT2D eigenvalue weighted by atomic mass is 19.3. The van der Waals surface area contributed by atoms with E-state index in [2.05, 4.69) is 15.1 Å². The molecule has 0 radical (unpaired) electrons. The van der Waals surface area contributed by atoms with Gasteiger partial charge >= 0.3 is 12.5 Å². The van der Waals surface area contributed by atoms with E-state index in [1.54, 1.807) is 22.9 Å². The van der Waals surface area contributed by atoms with E-state index in [4.69, 9.17) is 4.74 Å². The zero-order valence-corrected chi connectivity index (χ0v) is 17.2. The Morgan fingerprint density at radius 1 is 0.879 bits per heavy atom. The molecule has 0 aliphatic heterocycles. The van der Waals surface area contributed by atoms with Crippen molar-refractivity contribution in [2.24, 2.45) is 0 Å². The van der Waals surface area contributed by atoms with Crippen LogP contribution in [0.15, 0.2) is 84.9 Å². The van der Waals surface area contributed by atoms with Gasteiger partial charge in [0.1, 0.15) is 6.61 Å². The number of fused-ring (bicyclic) bond motifs is 1. The molecule has 0 atom stereocenters. The van der Waals surface area contributed by atoms with Crippen molar-refractivity contribution in [2.45, 2.75) is 13.2 Å². The number of carbonyl (C=O) groups is 1. The summed E-state index contributed by atoms with van der Waals surface area (Å²) in [6.07, 6.45) is 0. The van der Waals surface area contributed by atoms with E-state index in [-0.39, 0.29) is 17.2 Å². The van der Waals surface area contributed by atoms with Crippen molar-refractivity contribution in [1.82, 2.24) is 24.3 Å². The summed E-state index contributed by atoms with van der Waals surface area (Å²) in [6.45, 7) is -3.27. The van der Waals surface area contributed by atoms with E-state index >= 15 is 0 Å². The Labute approximate surface area is 186 Å². The molecule has 0 aliphatic rings. The number of imidazole rings is 1. The van der Waals surface area contributed by atoms with Crippen molar-refractivity contribution in [2.75, 3.05) is 0 Å². The number of rotatable bonds is 6. The van der Waals surface area contributed by atoms with Crippen molar-refractivity contribution in [3.8, 4) is 17.1 Å². The van der Waals surface area contributed by atoms with Crippen LogP contribution in [0, 0.1) is 0 Å². The minimum atomic E-state index is -2.83. The van der Waals surface area contributed by atoms with Crippen LogP contribution in [0.25, 0.3) is 28.1 Å². The number of para-hydroxylation sites is 3. The molecule has 164 valence electrons. The predicted molar refractivity (Wildman–Crippen MR) is 117 cm³/mol. The van der Waals surface area contributed by atoms with Gasteiger partial charge < -0.3 is 4.74 Å². The molecule has 0 bridgehead atoms. The zero-order valence-electron chi connectivity index (χ0n) is 17.2. The van der Waals surface area contributed by atoms with Gasteiger partial charge in [-0.3, -0.25) is 4.57 Å². The summed E-state index contributed by atoms with van der Waals surface area (Å²) in [5.74, 6) is -0.633. The van der Waals surface area contributed by atoms with Crippen LogP contribution >= 0.6 is 0 Å². The largest absolute Gasteiger partial charge is 0.452 e. The van der Waals surface area contributed by atoms with E-state index in [1.165, 1.54) is 6.07 Å². The van der Waals surface area contributed by atoms with Crippen molar-refractivity contribution in [3.05, 3.63) is 96.6 Å². The average Bonchev–Trinajstić information content (AvgIpc) is 3.46. The zero-order chi connectivity index (χ0) is 22.8. The maximum Gasteiger partial charge on any atom is 0.378 e. The van der Waals surface area contributed by atoms with Gasteiger partial charge in [-0.2, -0.15) is 8.78 Å². The first-order valence-corrected chi connectivity index (χ1v) is 10.1. The van der Waals surface area contributed by atoms with E-state index in [1.807, 2.05) is 60.7 Å². The molecule has 0 unspecified atom stereocenters. The second-order valence-electron chi connectivity index (χ2n) is 7.11. The van der Waals surface area contributed by atoms with Gasteiger partial charge in [-0.25, -0.2) is 19.4 Å². The standard InChI is InChI=1S/C24H17F2N5O2/c25-24(26)30-19-14-8-7-13-18(19)27-20(30)15-33-23(32)21-28-22(16-9-3-1-4-10-16)31(29-21)17-11-5-2-6-12-17/h1-14,24H,15H2. The van der Waals surface area contributed by atoms with Gasteiger partial charge in [0.15, 0.2) is 11.6 Å². The lowest BCUT2D eigenvalue weighted by Gasteiger charge is -2.07. The summed E-state index contributed by atoms with van der Waals surface area (Å²) < 4.78 is 34.8. The van der Waals surface area contributed by atoms with Gasteiger partial charge in [0.25, 0.3) is 5.82 Å². The topological polar surface area (TPSA) is 74.8 Å². The number of benzene rings is 3. The average molecular weight is 445 g/mol. The Hall–Kier alpha value is -4.40. The Bertz CT molecular complexity index is 1360. The van der Waals surface area contributed by atoms with Crippen LogP contribution in [-0.2, 0) is 11.3 Å². The molecule has 2 heterocycles. The van der Waals surface area contributed by atoms with E-state index in [0.29, 0.717) is 17.0 Å². The maximum absolute atomic E-state index is 13.6. The Kier molecular flexibility index (Phi) is 5.35. The minimum absolute atomic E-state index is 0.0645. The van der Waals surface area contributed by atoms with Gasteiger partial charge in [-0.15, -0.1) is 5.10 Å². The van der Waals surface area contributed by atoms with Crippen LogP contribution in [0.5, 0.6) is 0 Å². The van der Waals surface area contributed by atoms with Crippen LogP contribution in [0.3, 0.4) is 0 Å². The van der Waals surface area contributed by atoms with Crippen LogP contribution in [0.1, 0.15) is 23.0 Å². The lowest BCUT2D eigenvalue weighted by Crippen LogP contribution is -2.12. The summed E-state index contributed by atoms with van der Waals surface area (Å²) in [4.78, 5) is 21.3. The van der Waals surface area contributed by atoms with E-state index in [0.717, 1.165) is 10.1 Å². The molecule has 33 heavy (non-hydrogen) atoms. The lowest BCUT2D eigenvalue weighted by atomic mass is 10.2. The normalized spacial score (nSPS) is 11.2. The van der Waals surface area contributed by atoms with Crippen LogP contribution in [-0.4, -0.2) is 30.3 Å². The Morgan fingerprint density at radius 2 is 1.55 bits per heavy atom. The molecule has 9 heteroatoms. The highest BCUT2D eigenvalue weighted by Gasteiger charge is 2.22. The number of carbonyl (C=O) groups excluding carboxylic acids is 1. The number of halogens is 2. The molecule has 5 rings (SSSR count). The predicted octanol–water partition coefficient (Wildman–Crippen LogP) is 5.04. The van der Waals surface area contributed by atoms with Crippen LogP contribution in [0.4, 0.5) is 8.78 Å². The monoisotopic (exact) mass is 445 g/mol. The number of esters is 1. The second kappa shape index (κ2) is 8.62.